The number of thiazole rings is 1. The van der Waals surface area contributed by atoms with Gasteiger partial charge in [-0.2, -0.15) is 5.10 Å². The Bertz CT molecular complexity index is 1100. The van der Waals surface area contributed by atoms with E-state index in [-0.39, 0.29) is 11.4 Å². The van der Waals surface area contributed by atoms with Gasteiger partial charge in [0.25, 0.3) is 5.91 Å². The Morgan fingerprint density at radius 1 is 1.34 bits per heavy atom. The summed E-state index contributed by atoms with van der Waals surface area (Å²) < 4.78 is 2.03. The Morgan fingerprint density at radius 3 is 2.94 bits per heavy atom. The maximum Gasteiger partial charge on any atom is 0.250 e. The third-order valence-corrected chi connectivity index (χ3v) is 8.04. The van der Waals surface area contributed by atoms with Crippen molar-refractivity contribution in [1.82, 2.24) is 10.4 Å². The molecule has 0 radical (unpaired) electrons. The average Bonchev–Trinajstić information content (AvgIpc) is 3.18. The van der Waals surface area contributed by atoms with Crippen LogP contribution in [-0.2, 0) is 4.79 Å². The van der Waals surface area contributed by atoms with Gasteiger partial charge >= 0.3 is 0 Å². The molecule has 0 saturated heterocycles. The lowest BCUT2D eigenvalue weighted by Crippen LogP contribution is -2.48. The summed E-state index contributed by atoms with van der Waals surface area (Å²) in [4.78, 5) is 19.3. The van der Waals surface area contributed by atoms with E-state index in [2.05, 4.69) is 66.3 Å². The third kappa shape index (κ3) is 4.99. The molecule has 0 bridgehead atoms. The molecule has 4 rings (SSSR count). The molecule has 1 N–H and O–H groups in total. The lowest BCUT2D eigenvalue weighted by atomic mass is 9.79. The second-order valence-corrected chi connectivity index (χ2v) is 11.2. The highest BCUT2D eigenvalue weighted by atomic mass is 32.2. The van der Waals surface area contributed by atoms with Gasteiger partial charge in [-0.25, -0.2) is 10.4 Å². The molecule has 1 aliphatic rings. The smallest absolute Gasteiger partial charge is 0.250 e. The first-order chi connectivity index (χ1) is 15.4. The Kier molecular flexibility index (Phi) is 6.86. The summed E-state index contributed by atoms with van der Waals surface area (Å²) in [5, 5.41) is 4.19. The lowest BCUT2D eigenvalue weighted by Gasteiger charge is -2.47. The van der Waals surface area contributed by atoms with Crippen LogP contribution < -0.4 is 10.3 Å². The zero-order valence-electron chi connectivity index (χ0n) is 19.1. The van der Waals surface area contributed by atoms with E-state index in [1.807, 2.05) is 24.3 Å². The number of carbonyl (C=O) groups excluding carboxylic acids is 1. The van der Waals surface area contributed by atoms with Crippen LogP contribution in [0.3, 0.4) is 0 Å². The molecule has 168 valence electrons. The molecule has 1 atom stereocenters. The molecule has 0 aliphatic carbocycles. The number of amides is 1. The van der Waals surface area contributed by atoms with Crippen LogP contribution in [0, 0.1) is 0 Å². The van der Waals surface area contributed by atoms with Crippen LogP contribution in [0.2, 0.25) is 0 Å². The van der Waals surface area contributed by atoms with Crippen LogP contribution in [0.1, 0.15) is 57.6 Å². The van der Waals surface area contributed by atoms with Crippen LogP contribution in [0.25, 0.3) is 10.2 Å². The van der Waals surface area contributed by atoms with Gasteiger partial charge in [0.15, 0.2) is 4.34 Å². The number of nitrogens with one attached hydrogen (secondary N) is 1. The molecule has 1 aliphatic heterocycles. The molecular weight excluding hydrogens is 436 g/mol. The fourth-order valence-corrected chi connectivity index (χ4v) is 6.35. The number of thioether (sulfide) groups is 1. The summed E-state index contributed by atoms with van der Waals surface area (Å²) in [5.41, 5.74) is 7.47. The van der Waals surface area contributed by atoms with E-state index in [0.29, 0.717) is 11.7 Å². The van der Waals surface area contributed by atoms with Crippen LogP contribution >= 0.6 is 23.1 Å². The number of hydrazone groups is 1. The van der Waals surface area contributed by atoms with Gasteiger partial charge in [-0.05, 0) is 68.0 Å². The van der Waals surface area contributed by atoms with Crippen LogP contribution in [0.15, 0.2) is 51.9 Å². The minimum Gasteiger partial charge on any atom is -0.366 e. The minimum atomic E-state index is -0.132. The summed E-state index contributed by atoms with van der Waals surface area (Å²) >= 11 is 3.05. The molecular formula is C25H30N4OS2. The number of rotatable bonds is 7. The summed E-state index contributed by atoms with van der Waals surface area (Å²) in [6.45, 7) is 10.2. The van der Waals surface area contributed by atoms with E-state index in [4.69, 9.17) is 0 Å². The number of hydrogen-bond acceptors (Lipinski definition) is 6. The molecule has 7 heteroatoms. The maximum atomic E-state index is 12.2. The van der Waals surface area contributed by atoms with Gasteiger partial charge in [-0.1, -0.05) is 43.8 Å². The molecule has 1 aromatic heterocycles. The molecule has 5 nitrogen and oxygen atoms in total. The number of aromatic nitrogens is 1. The van der Waals surface area contributed by atoms with Crippen molar-refractivity contribution < 1.29 is 4.79 Å². The summed E-state index contributed by atoms with van der Waals surface area (Å²) in [7, 11) is 0. The number of carbonyl (C=O) groups is 1. The first kappa shape index (κ1) is 22.8. The summed E-state index contributed by atoms with van der Waals surface area (Å²) in [6.07, 6.45) is 3.99. The summed E-state index contributed by atoms with van der Waals surface area (Å²) in [5.74, 6) is 0.647. The molecule has 0 spiro atoms. The van der Waals surface area contributed by atoms with Crippen molar-refractivity contribution in [3.05, 3.63) is 53.6 Å². The Balaban J connectivity index is 1.37. The molecule has 2 heterocycles. The molecule has 0 fully saturated rings. The van der Waals surface area contributed by atoms with Crippen molar-refractivity contribution in [2.24, 2.45) is 5.10 Å². The van der Waals surface area contributed by atoms with Gasteiger partial charge < -0.3 is 4.90 Å². The number of para-hydroxylation sites is 1. The molecule has 32 heavy (non-hydrogen) atoms. The van der Waals surface area contributed by atoms with E-state index >= 15 is 0 Å². The molecule has 3 aromatic rings. The fraction of sp³-hybridized carbons (Fsp3) is 0.400. The maximum absolute atomic E-state index is 12.2. The Morgan fingerprint density at radius 2 is 2.16 bits per heavy atom. The first-order valence-electron chi connectivity index (χ1n) is 11.1. The van der Waals surface area contributed by atoms with Crippen molar-refractivity contribution in [3.8, 4) is 0 Å². The number of fused-ring (bicyclic) bond motifs is 2. The lowest BCUT2D eigenvalue weighted by molar-refractivity contribution is -0.118. The predicted octanol–water partition coefficient (Wildman–Crippen LogP) is 6.04. The van der Waals surface area contributed by atoms with Gasteiger partial charge in [0.05, 0.1) is 22.2 Å². The third-order valence-electron chi connectivity index (χ3n) is 5.86. The van der Waals surface area contributed by atoms with Gasteiger partial charge in [-0.3, -0.25) is 4.79 Å². The molecule has 2 aromatic carbocycles. The Labute approximate surface area is 198 Å². The SMILES string of the molecule is CCCN1c2ccc(/C=N/NC(=O)CSc3nc4ccccc4s3)cc2C(C)CC1(C)C. The first-order valence-corrected chi connectivity index (χ1v) is 12.9. The Hall–Kier alpha value is -2.38. The van der Waals surface area contributed by atoms with Crippen molar-refractivity contribution in [1.29, 1.82) is 0 Å². The second kappa shape index (κ2) is 9.63. The average molecular weight is 467 g/mol. The number of nitrogens with zero attached hydrogens (tertiary/aromatic N) is 3. The van der Waals surface area contributed by atoms with Crippen LogP contribution in [0.4, 0.5) is 5.69 Å². The van der Waals surface area contributed by atoms with Gasteiger partial charge in [0.1, 0.15) is 0 Å². The second-order valence-electron chi connectivity index (χ2n) is 8.92. The van der Waals surface area contributed by atoms with Gasteiger partial charge in [0, 0.05) is 17.8 Å². The van der Waals surface area contributed by atoms with E-state index in [1.54, 1.807) is 17.6 Å². The quantitative estimate of drug-likeness (QED) is 0.262. The van der Waals surface area contributed by atoms with E-state index < -0.39 is 0 Å². The minimum absolute atomic E-state index is 0.132. The van der Waals surface area contributed by atoms with Gasteiger partial charge in [-0.15, -0.1) is 11.3 Å². The van der Waals surface area contributed by atoms with Crippen molar-refractivity contribution >= 4 is 51.1 Å². The zero-order valence-corrected chi connectivity index (χ0v) is 20.7. The van der Waals surface area contributed by atoms with Crippen molar-refractivity contribution in [3.63, 3.8) is 0 Å². The molecule has 1 amide bonds. The van der Waals surface area contributed by atoms with E-state index in [9.17, 15) is 4.79 Å². The normalized spacial score (nSPS) is 17.6. The van der Waals surface area contributed by atoms with Crippen molar-refractivity contribution in [2.45, 2.75) is 56.3 Å². The number of anilines is 1. The van der Waals surface area contributed by atoms with Crippen molar-refractivity contribution in [2.75, 3.05) is 17.2 Å². The number of hydrogen-bond donors (Lipinski definition) is 1. The monoisotopic (exact) mass is 466 g/mol. The standard InChI is InChI=1S/C25H30N4OS2/c1-5-12-29-21-11-10-18(13-19(21)17(2)14-25(29,3)4)15-26-28-23(30)16-31-24-27-20-8-6-7-9-22(20)32-24/h6-11,13,15,17H,5,12,14,16H2,1-4H3,(H,28,30)/b26-15+. The predicted molar refractivity (Wildman–Crippen MR) is 137 cm³/mol. The zero-order chi connectivity index (χ0) is 22.7. The fourth-order valence-electron chi connectivity index (χ4n) is 4.49. The summed E-state index contributed by atoms with van der Waals surface area (Å²) in [6, 6.07) is 14.5. The van der Waals surface area contributed by atoms with E-state index in [1.165, 1.54) is 23.0 Å². The highest BCUT2D eigenvalue weighted by Crippen LogP contribution is 2.43. The molecule has 0 saturated carbocycles. The largest absolute Gasteiger partial charge is 0.366 e. The van der Waals surface area contributed by atoms with Crippen LogP contribution in [-0.4, -0.2) is 34.9 Å². The highest BCUT2D eigenvalue weighted by molar-refractivity contribution is 8.01. The van der Waals surface area contributed by atoms with Crippen LogP contribution in [0.5, 0.6) is 0 Å². The van der Waals surface area contributed by atoms with E-state index in [0.717, 1.165) is 39.5 Å². The molecule has 1 unspecified atom stereocenters. The number of benzene rings is 2. The van der Waals surface area contributed by atoms with Gasteiger partial charge in [0.2, 0.25) is 0 Å². The topological polar surface area (TPSA) is 57.6 Å². The highest BCUT2D eigenvalue weighted by Gasteiger charge is 2.35.